The van der Waals surface area contributed by atoms with Crippen LogP contribution >= 0.6 is 0 Å². The maximum atomic E-state index is 5.74. The minimum Gasteiger partial charge on any atom is -0.377 e. The van der Waals surface area contributed by atoms with E-state index in [1.807, 2.05) is 0 Å². The van der Waals surface area contributed by atoms with Crippen LogP contribution in [0.5, 0.6) is 0 Å². The molecule has 0 amide bonds. The Balaban J connectivity index is 1.99. The molecule has 2 rings (SSSR count). The number of hydrogen-bond donors (Lipinski definition) is 1. The highest BCUT2D eigenvalue weighted by atomic mass is 16.5. The summed E-state index contributed by atoms with van der Waals surface area (Å²) in [5.74, 6) is 0. The molecule has 2 fully saturated rings. The zero-order valence-electron chi connectivity index (χ0n) is 10.1. The Morgan fingerprint density at radius 1 is 1.27 bits per heavy atom. The Morgan fingerprint density at radius 3 is 2.47 bits per heavy atom. The molecule has 0 bridgehead atoms. The molecule has 2 heterocycles. The van der Waals surface area contributed by atoms with E-state index >= 15 is 0 Å². The quantitative estimate of drug-likeness (QED) is 0.708. The van der Waals surface area contributed by atoms with E-state index in [1.54, 1.807) is 0 Å². The lowest BCUT2D eigenvalue weighted by Gasteiger charge is -2.41. The molecule has 0 aliphatic carbocycles. The minimum atomic E-state index is 0.289. The minimum absolute atomic E-state index is 0.289. The fraction of sp³-hybridized carbons (Fsp3) is 1.00. The Bertz CT molecular complexity index is 202. The van der Waals surface area contributed by atoms with Gasteiger partial charge in [-0.15, -0.1) is 0 Å². The number of hydrogen-bond acceptors (Lipinski definition) is 3. The number of rotatable bonds is 1. The normalized spacial score (nSPS) is 40.0. The average molecular weight is 212 g/mol. The van der Waals surface area contributed by atoms with Crippen molar-refractivity contribution in [3.8, 4) is 0 Å². The lowest BCUT2D eigenvalue weighted by molar-refractivity contribution is 0.0171. The van der Waals surface area contributed by atoms with Crippen molar-refractivity contribution >= 4 is 0 Å². The molecule has 2 aliphatic heterocycles. The lowest BCUT2D eigenvalue weighted by Crippen LogP contribution is -2.53. The van der Waals surface area contributed by atoms with Gasteiger partial charge in [0.2, 0.25) is 0 Å². The maximum absolute atomic E-state index is 5.74. The van der Waals surface area contributed by atoms with Gasteiger partial charge in [-0.3, -0.25) is 4.90 Å². The molecule has 0 aromatic heterocycles. The summed E-state index contributed by atoms with van der Waals surface area (Å²) in [7, 11) is 0. The molecule has 0 aromatic rings. The molecule has 88 valence electrons. The van der Waals surface area contributed by atoms with Gasteiger partial charge in [-0.25, -0.2) is 0 Å². The second kappa shape index (κ2) is 4.81. The van der Waals surface area contributed by atoms with Crippen LogP contribution in [0.3, 0.4) is 0 Å². The van der Waals surface area contributed by atoms with Gasteiger partial charge < -0.3 is 10.1 Å². The van der Waals surface area contributed by atoms with E-state index in [-0.39, 0.29) is 5.54 Å². The summed E-state index contributed by atoms with van der Waals surface area (Å²) >= 11 is 0. The predicted octanol–water partition coefficient (Wildman–Crippen LogP) is 1.24. The van der Waals surface area contributed by atoms with Gasteiger partial charge in [-0.2, -0.15) is 0 Å². The third kappa shape index (κ3) is 2.35. The number of nitrogens with zero attached hydrogens (tertiary/aromatic N) is 1. The van der Waals surface area contributed by atoms with Gasteiger partial charge in [0.25, 0.3) is 0 Å². The van der Waals surface area contributed by atoms with E-state index in [0.29, 0.717) is 6.10 Å². The Hall–Kier alpha value is -0.120. The third-order valence-corrected chi connectivity index (χ3v) is 4.14. The second-order valence-corrected chi connectivity index (χ2v) is 5.06. The largest absolute Gasteiger partial charge is 0.377 e. The molecule has 3 heteroatoms. The summed E-state index contributed by atoms with van der Waals surface area (Å²) < 4.78 is 5.74. The topological polar surface area (TPSA) is 24.5 Å². The molecule has 0 spiro atoms. The van der Waals surface area contributed by atoms with Crippen molar-refractivity contribution in [3.63, 3.8) is 0 Å². The Morgan fingerprint density at radius 2 is 1.93 bits per heavy atom. The van der Waals surface area contributed by atoms with Crippen LogP contribution < -0.4 is 5.32 Å². The van der Waals surface area contributed by atoms with Crippen LogP contribution in [0.2, 0.25) is 0 Å². The zero-order chi connectivity index (χ0) is 10.7. The highest BCUT2D eigenvalue weighted by Crippen LogP contribution is 2.32. The van der Waals surface area contributed by atoms with Crippen molar-refractivity contribution < 1.29 is 4.74 Å². The third-order valence-electron chi connectivity index (χ3n) is 4.14. The first kappa shape index (κ1) is 11.4. The van der Waals surface area contributed by atoms with Crippen molar-refractivity contribution in [2.24, 2.45) is 0 Å². The van der Waals surface area contributed by atoms with Gasteiger partial charge in [0.1, 0.15) is 0 Å². The summed E-state index contributed by atoms with van der Waals surface area (Å²) in [4.78, 5) is 2.66. The lowest BCUT2D eigenvalue weighted by atomic mass is 9.91. The van der Waals surface area contributed by atoms with Crippen LogP contribution in [0.1, 0.15) is 33.1 Å². The highest BCUT2D eigenvalue weighted by molar-refractivity contribution is 4.96. The predicted molar refractivity (Wildman–Crippen MR) is 62.1 cm³/mol. The number of ether oxygens (including phenoxy) is 1. The van der Waals surface area contributed by atoms with Crippen LogP contribution in [0, 0.1) is 0 Å². The van der Waals surface area contributed by atoms with Crippen LogP contribution in [0.15, 0.2) is 0 Å². The van der Waals surface area contributed by atoms with Crippen molar-refractivity contribution in [1.29, 1.82) is 0 Å². The van der Waals surface area contributed by atoms with Gasteiger partial charge in [0, 0.05) is 12.1 Å². The van der Waals surface area contributed by atoms with Gasteiger partial charge in [-0.1, -0.05) is 0 Å². The van der Waals surface area contributed by atoms with E-state index in [9.17, 15) is 0 Å². The van der Waals surface area contributed by atoms with E-state index in [4.69, 9.17) is 4.74 Å². The standard InChI is InChI=1S/C12H24N2O/c1-11-12(2,5-10-15-11)14-8-3-6-13-7-4-9-14/h11,13H,3-10H2,1-2H3. The van der Waals surface area contributed by atoms with Gasteiger partial charge in [0.05, 0.1) is 6.10 Å². The van der Waals surface area contributed by atoms with E-state index in [1.165, 1.54) is 45.4 Å². The molecular formula is C12H24N2O. The molecule has 0 aromatic carbocycles. The summed E-state index contributed by atoms with van der Waals surface area (Å²) in [5.41, 5.74) is 0.289. The first-order valence-electron chi connectivity index (χ1n) is 6.31. The first-order valence-corrected chi connectivity index (χ1v) is 6.31. The summed E-state index contributed by atoms with van der Waals surface area (Å²) in [6.07, 6.45) is 4.12. The second-order valence-electron chi connectivity index (χ2n) is 5.06. The monoisotopic (exact) mass is 212 g/mol. The summed E-state index contributed by atoms with van der Waals surface area (Å²) in [5, 5.41) is 3.46. The van der Waals surface area contributed by atoms with Gasteiger partial charge in [0.15, 0.2) is 0 Å². The fourth-order valence-electron chi connectivity index (χ4n) is 2.78. The highest BCUT2D eigenvalue weighted by Gasteiger charge is 2.41. The van der Waals surface area contributed by atoms with Crippen LogP contribution in [-0.2, 0) is 4.74 Å². The number of nitrogens with one attached hydrogen (secondary N) is 1. The van der Waals surface area contributed by atoms with E-state index in [2.05, 4.69) is 24.1 Å². The van der Waals surface area contributed by atoms with Crippen molar-refractivity contribution in [3.05, 3.63) is 0 Å². The molecule has 2 aliphatic rings. The van der Waals surface area contributed by atoms with Crippen LogP contribution in [-0.4, -0.2) is 49.3 Å². The van der Waals surface area contributed by atoms with Crippen molar-refractivity contribution in [1.82, 2.24) is 10.2 Å². The Kier molecular flexibility index (Phi) is 3.65. The smallest absolute Gasteiger partial charge is 0.0728 e. The summed E-state index contributed by atoms with van der Waals surface area (Å²) in [6.45, 7) is 10.3. The molecule has 0 radical (unpaired) electrons. The molecule has 1 N–H and O–H groups in total. The molecule has 2 atom stereocenters. The maximum Gasteiger partial charge on any atom is 0.0728 e. The molecule has 0 saturated carbocycles. The van der Waals surface area contributed by atoms with Gasteiger partial charge in [-0.05, 0) is 59.3 Å². The molecule has 3 nitrogen and oxygen atoms in total. The molecule has 15 heavy (non-hydrogen) atoms. The fourth-order valence-corrected chi connectivity index (χ4v) is 2.78. The van der Waals surface area contributed by atoms with E-state index in [0.717, 1.165) is 6.61 Å². The zero-order valence-corrected chi connectivity index (χ0v) is 10.1. The van der Waals surface area contributed by atoms with Gasteiger partial charge >= 0.3 is 0 Å². The Labute approximate surface area is 93.2 Å². The molecule has 2 saturated heterocycles. The van der Waals surface area contributed by atoms with Crippen LogP contribution in [0.4, 0.5) is 0 Å². The van der Waals surface area contributed by atoms with Crippen molar-refractivity contribution in [2.75, 3.05) is 32.8 Å². The molecule has 2 unspecified atom stereocenters. The SMILES string of the molecule is CC1OCCC1(C)N1CCCNCCC1. The average Bonchev–Trinajstić information content (AvgIpc) is 2.47. The van der Waals surface area contributed by atoms with E-state index < -0.39 is 0 Å². The summed E-state index contributed by atoms with van der Waals surface area (Å²) in [6, 6.07) is 0. The molecular weight excluding hydrogens is 188 g/mol. The van der Waals surface area contributed by atoms with Crippen molar-refractivity contribution in [2.45, 2.75) is 44.8 Å². The first-order chi connectivity index (χ1) is 7.23. The van der Waals surface area contributed by atoms with Crippen LogP contribution in [0.25, 0.3) is 0 Å².